The topological polar surface area (TPSA) is 82.2 Å². The molecule has 1 aromatic heterocycles. The maximum absolute atomic E-state index is 12.8. The molecule has 1 fully saturated rings. The van der Waals surface area contributed by atoms with Gasteiger partial charge < -0.3 is 15.8 Å². The Morgan fingerprint density at radius 2 is 1.93 bits per heavy atom. The molecule has 0 radical (unpaired) electrons. The number of hydrogen-bond donors (Lipinski definition) is 2. The Morgan fingerprint density at radius 3 is 2.56 bits per heavy atom. The fourth-order valence-electron chi connectivity index (χ4n) is 3.54. The summed E-state index contributed by atoms with van der Waals surface area (Å²) in [6.45, 7) is 6.79. The number of nitrogens with zero attached hydrogens (tertiary/aromatic N) is 2. The molecule has 1 aliphatic heterocycles. The third-order valence-corrected chi connectivity index (χ3v) is 5.45. The molecule has 2 heterocycles. The number of rotatable bonds is 6. The van der Waals surface area contributed by atoms with Crippen LogP contribution >= 0.6 is 12.4 Å². The average Bonchev–Trinajstić information content (AvgIpc) is 2.94. The van der Waals surface area contributed by atoms with Crippen LogP contribution in [0.25, 0.3) is 0 Å². The minimum Gasteiger partial charge on any atom is -0.381 e. The second kappa shape index (κ2) is 9.35. The summed E-state index contributed by atoms with van der Waals surface area (Å²) in [7, 11) is 0. The van der Waals surface area contributed by atoms with Gasteiger partial charge in [0.05, 0.1) is 17.7 Å². The van der Waals surface area contributed by atoms with Gasteiger partial charge in [-0.2, -0.15) is 5.10 Å². The third kappa shape index (κ3) is 4.69. The average molecular weight is 393 g/mol. The number of aromatic nitrogens is 2. The van der Waals surface area contributed by atoms with Crippen molar-refractivity contribution in [2.45, 2.75) is 39.8 Å². The van der Waals surface area contributed by atoms with Crippen molar-refractivity contribution in [2.24, 2.45) is 11.1 Å². The fourth-order valence-corrected chi connectivity index (χ4v) is 3.54. The molecule has 27 heavy (non-hydrogen) atoms. The number of benzene rings is 1. The normalized spacial score (nSPS) is 15.8. The van der Waals surface area contributed by atoms with Crippen molar-refractivity contribution in [1.29, 1.82) is 0 Å². The van der Waals surface area contributed by atoms with Crippen LogP contribution in [-0.2, 0) is 22.6 Å². The molecule has 0 atom stereocenters. The molecule has 7 heteroatoms. The van der Waals surface area contributed by atoms with Crippen molar-refractivity contribution in [3.8, 4) is 0 Å². The van der Waals surface area contributed by atoms with Gasteiger partial charge in [-0.25, -0.2) is 0 Å². The van der Waals surface area contributed by atoms with Crippen LogP contribution in [0.3, 0.4) is 0 Å². The van der Waals surface area contributed by atoms with Gasteiger partial charge in [-0.05, 0) is 32.3 Å². The standard InChI is InChI=1S/C20H28N4O2.ClH/c1-15-18(12-22-19(25)20(14-21)8-10-26-11-9-20)16(2)24(23-15)13-17-6-4-3-5-7-17;/h3-7H,8-14,21H2,1-2H3,(H,22,25);1H. The van der Waals surface area contributed by atoms with Gasteiger partial charge in [0.2, 0.25) is 5.91 Å². The van der Waals surface area contributed by atoms with Crippen LogP contribution in [0.15, 0.2) is 30.3 Å². The van der Waals surface area contributed by atoms with Crippen LogP contribution in [0.1, 0.15) is 35.4 Å². The van der Waals surface area contributed by atoms with Crippen LogP contribution in [-0.4, -0.2) is 35.4 Å². The van der Waals surface area contributed by atoms with Gasteiger partial charge in [0.25, 0.3) is 0 Å². The summed E-state index contributed by atoms with van der Waals surface area (Å²) < 4.78 is 7.39. The molecule has 2 aromatic rings. The Hall–Kier alpha value is -1.89. The summed E-state index contributed by atoms with van der Waals surface area (Å²) in [5, 5.41) is 7.75. The van der Waals surface area contributed by atoms with Gasteiger partial charge in [0.1, 0.15) is 0 Å². The lowest BCUT2D eigenvalue weighted by atomic mass is 9.79. The van der Waals surface area contributed by atoms with Gasteiger partial charge >= 0.3 is 0 Å². The number of aryl methyl sites for hydroxylation is 1. The lowest BCUT2D eigenvalue weighted by Gasteiger charge is -2.34. The monoisotopic (exact) mass is 392 g/mol. The largest absolute Gasteiger partial charge is 0.381 e. The van der Waals surface area contributed by atoms with Gasteiger partial charge in [0.15, 0.2) is 0 Å². The van der Waals surface area contributed by atoms with Crippen molar-refractivity contribution in [1.82, 2.24) is 15.1 Å². The van der Waals surface area contributed by atoms with Crippen molar-refractivity contribution in [3.63, 3.8) is 0 Å². The second-order valence-electron chi connectivity index (χ2n) is 7.07. The SMILES string of the molecule is Cc1nn(Cc2ccccc2)c(C)c1CNC(=O)C1(CN)CCOCC1.Cl. The Labute approximate surface area is 166 Å². The molecule has 0 spiro atoms. The molecule has 1 aliphatic rings. The molecule has 6 nitrogen and oxygen atoms in total. The number of halogens is 1. The summed E-state index contributed by atoms with van der Waals surface area (Å²) in [5.74, 6) is 0.0258. The fraction of sp³-hybridized carbons (Fsp3) is 0.500. The molecule has 1 amide bonds. The van der Waals surface area contributed by atoms with Crippen LogP contribution in [0, 0.1) is 19.3 Å². The lowest BCUT2D eigenvalue weighted by Crippen LogP contribution is -2.49. The zero-order chi connectivity index (χ0) is 18.6. The van der Waals surface area contributed by atoms with E-state index in [1.54, 1.807) is 0 Å². The minimum atomic E-state index is -0.500. The van der Waals surface area contributed by atoms with Crippen molar-refractivity contribution in [3.05, 3.63) is 52.8 Å². The number of hydrogen-bond acceptors (Lipinski definition) is 4. The number of nitrogens with one attached hydrogen (secondary N) is 1. The molecule has 0 bridgehead atoms. The molecule has 0 saturated carbocycles. The minimum absolute atomic E-state index is 0. The van der Waals surface area contributed by atoms with E-state index in [0.29, 0.717) is 39.1 Å². The highest BCUT2D eigenvalue weighted by molar-refractivity contribution is 5.85. The maximum Gasteiger partial charge on any atom is 0.227 e. The zero-order valence-electron chi connectivity index (χ0n) is 16.0. The number of ether oxygens (including phenoxy) is 1. The molecule has 0 aliphatic carbocycles. The second-order valence-corrected chi connectivity index (χ2v) is 7.07. The van der Waals surface area contributed by atoms with E-state index in [0.717, 1.165) is 23.5 Å². The van der Waals surface area contributed by atoms with E-state index in [1.807, 2.05) is 29.8 Å². The van der Waals surface area contributed by atoms with Gasteiger partial charge in [-0.3, -0.25) is 9.48 Å². The van der Waals surface area contributed by atoms with Crippen LogP contribution in [0.4, 0.5) is 0 Å². The van der Waals surface area contributed by atoms with E-state index < -0.39 is 5.41 Å². The molecular weight excluding hydrogens is 364 g/mol. The number of carbonyl (C=O) groups excluding carboxylic acids is 1. The van der Waals surface area contributed by atoms with Gasteiger partial charge in [0, 0.05) is 37.6 Å². The van der Waals surface area contributed by atoms with E-state index >= 15 is 0 Å². The van der Waals surface area contributed by atoms with E-state index in [9.17, 15) is 4.79 Å². The van der Waals surface area contributed by atoms with Crippen LogP contribution in [0.2, 0.25) is 0 Å². The first-order chi connectivity index (χ1) is 12.6. The summed E-state index contributed by atoms with van der Waals surface area (Å²) >= 11 is 0. The molecule has 3 rings (SSSR count). The Morgan fingerprint density at radius 1 is 1.26 bits per heavy atom. The third-order valence-electron chi connectivity index (χ3n) is 5.45. The molecule has 0 unspecified atom stereocenters. The highest BCUT2D eigenvalue weighted by atomic mass is 35.5. The van der Waals surface area contributed by atoms with E-state index in [-0.39, 0.29) is 18.3 Å². The highest BCUT2D eigenvalue weighted by Gasteiger charge is 2.38. The van der Waals surface area contributed by atoms with Crippen molar-refractivity contribution < 1.29 is 9.53 Å². The summed E-state index contributed by atoms with van der Waals surface area (Å²) in [4.78, 5) is 12.8. The summed E-state index contributed by atoms with van der Waals surface area (Å²) in [5.41, 5.74) is 9.74. The predicted molar refractivity (Wildman–Crippen MR) is 108 cm³/mol. The zero-order valence-corrected chi connectivity index (χ0v) is 16.8. The number of nitrogens with two attached hydrogens (primary N) is 1. The Kier molecular flexibility index (Phi) is 7.41. The van der Waals surface area contributed by atoms with Crippen molar-refractivity contribution >= 4 is 18.3 Å². The van der Waals surface area contributed by atoms with E-state index in [1.165, 1.54) is 5.56 Å². The smallest absolute Gasteiger partial charge is 0.227 e. The molecule has 1 aromatic carbocycles. The van der Waals surface area contributed by atoms with Gasteiger partial charge in [-0.15, -0.1) is 12.4 Å². The van der Waals surface area contributed by atoms with E-state index in [4.69, 9.17) is 10.5 Å². The Balaban J connectivity index is 0.00000261. The van der Waals surface area contributed by atoms with Crippen LogP contribution < -0.4 is 11.1 Å². The quantitative estimate of drug-likeness (QED) is 0.790. The first kappa shape index (κ1) is 21.4. The first-order valence-corrected chi connectivity index (χ1v) is 9.19. The number of amides is 1. The molecule has 148 valence electrons. The first-order valence-electron chi connectivity index (χ1n) is 9.19. The van der Waals surface area contributed by atoms with Crippen LogP contribution in [0.5, 0.6) is 0 Å². The molecule has 3 N–H and O–H groups in total. The molecule has 1 saturated heterocycles. The Bertz CT molecular complexity index is 755. The van der Waals surface area contributed by atoms with E-state index in [2.05, 4.69) is 29.5 Å². The van der Waals surface area contributed by atoms with Crippen molar-refractivity contribution in [2.75, 3.05) is 19.8 Å². The highest BCUT2D eigenvalue weighted by Crippen LogP contribution is 2.29. The summed E-state index contributed by atoms with van der Waals surface area (Å²) in [6.07, 6.45) is 1.36. The summed E-state index contributed by atoms with van der Waals surface area (Å²) in [6, 6.07) is 10.3. The number of carbonyl (C=O) groups is 1. The predicted octanol–water partition coefficient (Wildman–Crippen LogP) is 2.34. The van der Waals surface area contributed by atoms with Gasteiger partial charge in [-0.1, -0.05) is 30.3 Å². The maximum atomic E-state index is 12.8. The lowest BCUT2D eigenvalue weighted by molar-refractivity contribution is -0.136. The molecular formula is C20H29ClN4O2.